The highest BCUT2D eigenvalue weighted by Crippen LogP contribution is 2.30. The van der Waals surface area contributed by atoms with Crippen LogP contribution in [0.15, 0.2) is 91.0 Å². The van der Waals surface area contributed by atoms with E-state index in [2.05, 4.69) is 0 Å². The molecule has 0 N–H and O–H groups in total. The molecule has 1 aliphatic rings. The molecule has 0 aliphatic carbocycles. The van der Waals surface area contributed by atoms with Crippen molar-refractivity contribution in [3.8, 4) is 5.75 Å². The van der Waals surface area contributed by atoms with E-state index in [-0.39, 0.29) is 36.1 Å². The highest BCUT2D eigenvalue weighted by molar-refractivity contribution is 5.89. The van der Waals surface area contributed by atoms with Gasteiger partial charge >= 0.3 is 0 Å². The molecule has 0 unspecified atom stereocenters. The summed E-state index contributed by atoms with van der Waals surface area (Å²) in [6.07, 6.45) is 4.35. The lowest BCUT2D eigenvalue weighted by Crippen LogP contribution is -2.54. The molecule has 0 spiro atoms. The third-order valence-electron chi connectivity index (χ3n) is 6.67. The van der Waals surface area contributed by atoms with E-state index in [1.807, 2.05) is 80.6 Å². The molecule has 2 amide bonds. The first-order valence-electron chi connectivity index (χ1n) is 12.6. The quantitative estimate of drug-likeness (QED) is 0.399. The standard InChI is InChI=1S/C31H33FN2O3/c1-22(2)30(35)33-19-7-10-28(25-13-17-27(37-3)18-14-25)34(21-24-11-15-26(32)16-12-24)31(36)29(33)20-23-8-5-4-6-9-23/h4-18,22,28-29H,19-21H2,1-3H3/b10-7-/t28-,29+/m1/s1. The second kappa shape index (κ2) is 11.9. The van der Waals surface area contributed by atoms with Crippen LogP contribution in [-0.4, -0.2) is 41.3 Å². The van der Waals surface area contributed by atoms with Crippen LogP contribution >= 0.6 is 0 Å². The van der Waals surface area contributed by atoms with Crippen molar-refractivity contribution < 1.29 is 18.7 Å². The molecule has 0 saturated carbocycles. The monoisotopic (exact) mass is 500 g/mol. The number of carbonyl (C=O) groups is 2. The summed E-state index contributed by atoms with van der Waals surface area (Å²) in [5, 5.41) is 0. The fourth-order valence-electron chi connectivity index (χ4n) is 4.66. The van der Waals surface area contributed by atoms with Gasteiger partial charge in [-0.1, -0.05) is 80.6 Å². The molecule has 0 saturated heterocycles. The first-order chi connectivity index (χ1) is 17.9. The van der Waals surface area contributed by atoms with E-state index in [9.17, 15) is 14.0 Å². The van der Waals surface area contributed by atoms with Crippen molar-refractivity contribution >= 4 is 11.8 Å². The van der Waals surface area contributed by atoms with Crippen molar-refractivity contribution in [2.45, 2.75) is 38.9 Å². The van der Waals surface area contributed by atoms with Crippen LogP contribution in [0.3, 0.4) is 0 Å². The highest BCUT2D eigenvalue weighted by Gasteiger charge is 2.37. The van der Waals surface area contributed by atoms with Crippen LogP contribution in [0.1, 0.15) is 36.6 Å². The topological polar surface area (TPSA) is 49.9 Å². The first kappa shape index (κ1) is 26.1. The minimum absolute atomic E-state index is 0.0661. The van der Waals surface area contributed by atoms with Gasteiger partial charge in [0.2, 0.25) is 11.8 Å². The van der Waals surface area contributed by atoms with Crippen molar-refractivity contribution in [3.05, 3.63) is 114 Å². The van der Waals surface area contributed by atoms with Crippen molar-refractivity contribution in [2.75, 3.05) is 13.7 Å². The number of halogens is 1. The predicted octanol–water partition coefficient (Wildman–Crippen LogP) is 5.57. The van der Waals surface area contributed by atoms with Gasteiger partial charge in [-0.25, -0.2) is 4.39 Å². The van der Waals surface area contributed by atoms with Gasteiger partial charge < -0.3 is 14.5 Å². The van der Waals surface area contributed by atoms with Gasteiger partial charge in [0.15, 0.2) is 0 Å². The number of benzene rings is 3. The molecule has 3 aromatic carbocycles. The average molecular weight is 501 g/mol. The number of carbonyl (C=O) groups excluding carboxylic acids is 2. The van der Waals surface area contributed by atoms with E-state index in [1.54, 1.807) is 29.0 Å². The lowest BCUT2D eigenvalue weighted by atomic mass is 9.96. The molecule has 2 atom stereocenters. The number of hydrogen-bond acceptors (Lipinski definition) is 3. The molecule has 192 valence electrons. The van der Waals surface area contributed by atoms with Crippen molar-refractivity contribution in [1.29, 1.82) is 0 Å². The molecule has 6 heteroatoms. The fourth-order valence-corrected chi connectivity index (χ4v) is 4.66. The molecule has 0 aromatic heterocycles. The van der Waals surface area contributed by atoms with Gasteiger partial charge in [-0.2, -0.15) is 0 Å². The second-order valence-corrected chi connectivity index (χ2v) is 9.59. The predicted molar refractivity (Wildman–Crippen MR) is 142 cm³/mol. The number of ether oxygens (including phenoxy) is 1. The Morgan fingerprint density at radius 1 is 0.973 bits per heavy atom. The maximum absolute atomic E-state index is 14.4. The fraction of sp³-hybridized carbons (Fsp3) is 0.290. The minimum Gasteiger partial charge on any atom is -0.497 e. The summed E-state index contributed by atoms with van der Waals surface area (Å²) in [4.78, 5) is 31.2. The molecule has 37 heavy (non-hydrogen) atoms. The van der Waals surface area contributed by atoms with Crippen LogP contribution in [-0.2, 0) is 22.6 Å². The molecule has 5 nitrogen and oxygen atoms in total. The first-order valence-corrected chi connectivity index (χ1v) is 12.6. The Labute approximate surface area is 218 Å². The summed E-state index contributed by atoms with van der Waals surface area (Å²) in [5.41, 5.74) is 2.71. The van der Waals surface area contributed by atoms with E-state index in [1.165, 1.54) is 12.1 Å². The SMILES string of the molecule is COc1ccc([C@H]2/C=C\CN(C(=O)C(C)C)[C@@H](Cc3ccccc3)C(=O)N2Cc2ccc(F)cc2)cc1. The zero-order valence-corrected chi connectivity index (χ0v) is 21.5. The number of amides is 2. The summed E-state index contributed by atoms with van der Waals surface area (Å²) in [7, 11) is 1.61. The van der Waals surface area contributed by atoms with Gasteiger partial charge in [-0.05, 0) is 41.0 Å². The van der Waals surface area contributed by atoms with Gasteiger partial charge in [0.1, 0.15) is 17.6 Å². The Balaban J connectivity index is 1.79. The molecule has 3 aromatic rings. The third-order valence-corrected chi connectivity index (χ3v) is 6.67. The Hall–Kier alpha value is -3.93. The molecule has 0 bridgehead atoms. The molecule has 0 fully saturated rings. The minimum atomic E-state index is -0.677. The summed E-state index contributed by atoms with van der Waals surface area (Å²) in [6.45, 7) is 4.32. The molecule has 0 radical (unpaired) electrons. The molecular formula is C31H33FN2O3. The van der Waals surface area contributed by atoms with E-state index in [0.29, 0.717) is 13.0 Å². The summed E-state index contributed by atoms with van der Waals surface area (Å²) < 4.78 is 19.0. The van der Waals surface area contributed by atoms with Gasteiger partial charge in [0.05, 0.1) is 13.2 Å². The van der Waals surface area contributed by atoms with Crippen LogP contribution < -0.4 is 4.74 Å². The van der Waals surface area contributed by atoms with Crippen LogP contribution in [0.2, 0.25) is 0 Å². The van der Waals surface area contributed by atoms with Gasteiger partial charge in [0, 0.05) is 25.4 Å². The van der Waals surface area contributed by atoms with Crippen LogP contribution in [0.25, 0.3) is 0 Å². The highest BCUT2D eigenvalue weighted by atomic mass is 19.1. The smallest absolute Gasteiger partial charge is 0.246 e. The number of methoxy groups -OCH3 is 1. The normalized spacial score (nSPS) is 18.9. The van der Waals surface area contributed by atoms with E-state index >= 15 is 0 Å². The maximum atomic E-state index is 14.4. The summed E-state index contributed by atoms with van der Waals surface area (Å²) in [5.74, 6) is -0.0617. The average Bonchev–Trinajstić information content (AvgIpc) is 2.91. The largest absolute Gasteiger partial charge is 0.497 e. The Kier molecular flexibility index (Phi) is 8.39. The molecule has 1 heterocycles. The zero-order valence-electron chi connectivity index (χ0n) is 21.5. The Morgan fingerprint density at radius 3 is 2.27 bits per heavy atom. The van der Waals surface area contributed by atoms with Gasteiger partial charge in [-0.15, -0.1) is 0 Å². The lowest BCUT2D eigenvalue weighted by Gasteiger charge is -2.40. The van der Waals surface area contributed by atoms with Crippen molar-refractivity contribution in [2.24, 2.45) is 5.92 Å². The summed E-state index contributed by atoms with van der Waals surface area (Å²) >= 11 is 0. The van der Waals surface area contributed by atoms with Crippen LogP contribution in [0.5, 0.6) is 5.75 Å². The second-order valence-electron chi connectivity index (χ2n) is 9.59. The number of nitrogens with zero attached hydrogens (tertiary/aromatic N) is 2. The van der Waals surface area contributed by atoms with Crippen molar-refractivity contribution in [1.82, 2.24) is 9.80 Å². The molecule has 1 aliphatic heterocycles. The van der Waals surface area contributed by atoms with Gasteiger partial charge in [0.25, 0.3) is 0 Å². The summed E-state index contributed by atoms with van der Waals surface area (Å²) in [6, 6.07) is 22.6. The van der Waals surface area contributed by atoms with Crippen LogP contribution in [0.4, 0.5) is 4.39 Å². The van der Waals surface area contributed by atoms with E-state index in [4.69, 9.17) is 4.74 Å². The van der Waals surface area contributed by atoms with Crippen LogP contribution in [0, 0.1) is 11.7 Å². The Morgan fingerprint density at radius 2 is 1.65 bits per heavy atom. The van der Waals surface area contributed by atoms with E-state index < -0.39 is 6.04 Å². The van der Waals surface area contributed by atoms with Crippen molar-refractivity contribution in [3.63, 3.8) is 0 Å². The Bertz CT molecular complexity index is 1220. The third kappa shape index (κ3) is 6.26. The lowest BCUT2D eigenvalue weighted by molar-refractivity contribution is -0.148. The number of hydrogen-bond donors (Lipinski definition) is 0. The van der Waals surface area contributed by atoms with E-state index in [0.717, 1.165) is 22.4 Å². The zero-order chi connectivity index (χ0) is 26.4. The van der Waals surface area contributed by atoms with Gasteiger partial charge in [-0.3, -0.25) is 9.59 Å². The molecule has 4 rings (SSSR count). The number of rotatable bonds is 7. The molecular weight excluding hydrogens is 467 g/mol. The maximum Gasteiger partial charge on any atom is 0.246 e.